The minimum atomic E-state index is -0.308. The van der Waals surface area contributed by atoms with E-state index in [-0.39, 0.29) is 12.1 Å². The zero-order valence-electron chi connectivity index (χ0n) is 14.9. The second kappa shape index (κ2) is 6.16. The second-order valence-corrected chi connectivity index (χ2v) is 8.10. The highest BCUT2D eigenvalue weighted by Crippen LogP contribution is 2.39. The summed E-state index contributed by atoms with van der Waals surface area (Å²) in [5, 5.41) is 8.46. The fraction of sp³-hybridized carbons (Fsp3) is 0.500. The van der Waals surface area contributed by atoms with Crippen molar-refractivity contribution in [3.8, 4) is 11.4 Å². The van der Waals surface area contributed by atoms with Crippen molar-refractivity contribution in [1.82, 2.24) is 20.2 Å². The van der Waals surface area contributed by atoms with E-state index in [4.69, 9.17) is 21.4 Å². The van der Waals surface area contributed by atoms with E-state index in [1.165, 1.54) is 23.3 Å². The van der Waals surface area contributed by atoms with Crippen LogP contribution in [0.1, 0.15) is 53.3 Å². The maximum absolute atomic E-state index is 6.46. The van der Waals surface area contributed by atoms with E-state index in [9.17, 15) is 0 Å². The summed E-state index contributed by atoms with van der Waals surface area (Å²) >= 11 is 1.79. The number of fused-ring (bicyclic) bond motifs is 3. The van der Waals surface area contributed by atoms with Crippen LogP contribution in [0.15, 0.2) is 0 Å². The van der Waals surface area contributed by atoms with Crippen molar-refractivity contribution in [3.05, 3.63) is 27.5 Å². The van der Waals surface area contributed by atoms with Crippen LogP contribution in [0.25, 0.3) is 21.6 Å². The Labute approximate surface area is 151 Å². The van der Waals surface area contributed by atoms with Gasteiger partial charge in [0.2, 0.25) is 0 Å². The Balaban J connectivity index is 2.02. The number of aromatic amines is 1. The predicted molar refractivity (Wildman–Crippen MR) is 102 cm³/mol. The van der Waals surface area contributed by atoms with Gasteiger partial charge in [0.05, 0.1) is 23.0 Å². The number of aromatic nitrogens is 4. The van der Waals surface area contributed by atoms with Crippen molar-refractivity contribution in [2.45, 2.75) is 58.5 Å². The Kier molecular flexibility index (Phi) is 4.10. The average molecular weight is 356 g/mol. The van der Waals surface area contributed by atoms with Gasteiger partial charge in [0.1, 0.15) is 4.83 Å². The summed E-state index contributed by atoms with van der Waals surface area (Å²) in [4.78, 5) is 12.3. The summed E-state index contributed by atoms with van der Waals surface area (Å²) in [7, 11) is 0. The van der Waals surface area contributed by atoms with Crippen LogP contribution in [0.4, 0.5) is 0 Å². The summed E-state index contributed by atoms with van der Waals surface area (Å²) in [6.07, 6.45) is 4.67. The molecule has 0 bridgehead atoms. The number of hydrogen-bond acceptors (Lipinski definition) is 6. The quantitative estimate of drug-likeness (QED) is 0.669. The van der Waals surface area contributed by atoms with Crippen LogP contribution in [0.3, 0.4) is 0 Å². The first-order chi connectivity index (χ1) is 12.0. The molecule has 0 saturated carbocycles. The molecular weight excluding hydrogens is 332 g/mol. The minimum absolute atomic E-state index is 0.170. The molecule has 1 aliphatic rings. The van der Waals surface area contributed by atoms with Gasteiger partial charge in [-0.3, -0.25) is 5.10 Å². The number of nitrogens with two attached hydrogens (primary N) is 2. The number of nitrogens with one attached hydrogen (secondary N) is 1. The zero-order valence-corrected chi connectivity index (χ0v) is 15.7. The number of H-pyrrole nitrogens is 1. The highest BCUT2D eigenvalue weighted by molar-refractivity contribution is 7.18. The lowest BCUT2D eigenvalue weighted by Crippen LogP contribution is -2.32. The van der Waals surface area contributed by atoms with Crippen molar-refractivity contribution in [1.29, 1.82) is 0 Å². The normalized spacial score (nSPS) is 16.8. The van der Waals surface area contributed by atoms with Gasteiger partial charge >= 0.3 is 0 Å². The Hall–Kier alpha value is -1.83. The smallest absolute Gasteiger partial charge is 0.164 e. The molecule has 0 aromatic carbocycles. The molecule has 3 aromatic rings. The van der Waals surface area contributed by atoms with Crippen LogP contribution < -0.4 is 11.5 Å². The van der Waals surface area contributed by atoms with Gasteiger partial charge in [-0.25, -0.2) is 9.97 Å². The number of hydrogen-bond donors (Lipinski definition) is 3. The van der Waals surface area contributed by atoms with Crippen LogP contribution in [-0.2, 0) is 12.8 Å². The van der Waals surface area contributed by atoms with E-state index in [0.29, 0.717) is 5.82 Å². The molecule has 0 saturated heterocycles. The first-order valence-electron chi connectivity index (χ1n) is 8.82. The molecule has 0 radical (unpaired) electrons. The lowest BCUT2D eigenvalue weighted by atomic mass is 9.94. The zero-order chi connectivity index (χ0) is 17.7. The molecule has 6 nitrogen and oxygen atoms in total. The third-order valence-electron chi connectivity index (χ3n) is 5.08. The molecule has 0 aliphatic heterocycles. The van der Waals surface area contributed by atoms with Gasteiger partial charge in [-0.15, -0.1) is 11.3 Å². The Morgan fingerprint density at radius 2 is 1.88 bits per heavy atom. The molecule has 4 rings (SSSR count). The third kappa shape index (κ3) is 2.67. The molecule has 0 spiro atoms. The molecule has 2 atom stereocenters. The highest BCUT2D eigenvalue weighted by Gasteiger charge is 2.26. The van der Waals surface area contributed by atoms with E-state index in [1.54, 1.807) is 11.3 Å². The lowest BCUT2D eigenvalue weighted by molar-refractivity contribution is 0.578. The second-order valence-electron chi connectivity index (χ2n) is 7.02. The van der Waals surface area contributed by atoms with Crippen molar-refractivity contribution in [2.24, 2.45) is 11.5 Å². The van der Waals surface area contributed by atoms with E-state index < -0.39 is 0 Å². The highest BCUT2D eigenvalue weighted by atomic mass is 32.1. The average Bonchev–Trinajstić information content (AvgIpc) is 3.12. The summed E-state index contributed by atoms with van der Waals surface area (Å²) < 4.78 is 0. The van der Waals surface area contributed by atoms with Gasteiger partial charge in [0.25, 0.3) is 0 Å². The molecule has 0 amide bonds. The van der Waals surface area contributed by atoms with E-state index >= 15 is 0 Å². The van der Waals surface area contributed by atoms with E-state index in [2.05, 4.69) is 10.2 Å². The van der Waals surface area contributed by atoms with Crippen LogP contribution in [0.5, 0.6) is 0 Å². The Morgan fingerprint density at radius 3 is 2.56 bits per heavy atom. The van der Waals surface area contributed by atoms with Crippen molar-refractivity contribution >= 4 is 21.6 Å². The lowest BCUT2D eigenvalue weighted by Gasteiger charge is -2.19. The van der Waals surface area contributed by atoms with Crippen LogP contribution >= 0.6 is 11.3 Å². The maximum atomic E-state index is 6.46. The summed E-state index contributed by atoms with van der Waals surface area (Å²) in [5.74, 6) is 0.695. The predicted octanol–water partition coefficient (Wildman–Crippen LogP) is 2.92. The summed E-state index contributed by atoms with van der Waals surface area (Å²) in [6, 6.07) is -0.478. The largest absolute Gasteiger partial charge is 0.326 e. The SMILES string of the molecule is Cc1n[nH]c(C)c1-c1nc(C(N)C(C)N)c2c3c(sc2n1)CCCC3. The van der Waals surface area contributed by atoms with Crippen LogP contribution in [-0.4, -0.2) is 26.2 Å². The number of nitrogens with zero attached hydrogens (tertiary/aromatic N) is 3. The molecule has 2 unspecified atom stereocenters. The monoisotopic (exact) mass is 356 g/mol. The van der Waals surface area contributed by atoms with Gasteiger partial charge in [-0.2, -0.15) is 5.10 Å². The van der Waals surface area contributed by atoms with Gasteiger partial charge in [0.15, 0.2) is 5.82 Å². The Bertz CT molecular complexity index is 919. The number of rotatable bonds is 3. The topological polar surface area (TPSA) is 106 Å². The van der Waals surface area contributed by atoms with Gasteiger partial charge in [0, 0.05) is 22.0 Å². The first kappa shape index (κ1) is 16.6. The van der Waals surface area contributed by atoms with E-state index in [1.807, 2.05) is 20.8 Å². The molecule has 5 N–H and O–H groups in total. The van der Waals surface area contributed by atoms with Crippen molar-refractivity contribution in [3.63, 3.8) is 0 Å². The fourth-order valence-electron chi connectivity index (χ4n) is 3.67. The van der Waals surface area contributed by atoms with Crippen molar-refractivity contribution < 1.29 is 0 Å². The molecular formula is C18H24N6S. The van der Waals surface area contributed by atoms with Gasteiger partial charge in [-0.1, -0.05) is 0 Å². The van der Waals surface area contributed by atoms with Crippen molar-refractivity contribution in [2.75, 3.05) is 0 Å². The number of aryl methyl sites for hydroxylation is 4. The molecule has 25 heavy (non-hydrogen) atoms. The van der Waals surface area contributed by atoms with Gasteiger partial charge in [-0.05, 0) is 52.0 Å². The van der Waals surface area contributed by atoms with E-state index in [0.717, 1.165) is 45.7 Å². The molecule has 0 fully saturated rings. The third-order valence-corrected chi connectivity index (χ3v) is 6.26. The first-order valence-corrected chi connectivity index (χ1v) is 9.64. The number of thiophene rings is 1. The minimum Gasteiger partial charge on any atom is -0.326 e. The molecule has 1 aliphatic carbocycles. The summed E-state index contributed by atoms with van der Waals surface area (Å²) in [5.41, 5.74) is 17.7. The van der Waals surface area contributed by atoms with Crippen LogP contribution in [0, 0.1) is 13.8 Å². The Morgan fingerprint density at radius 1 is 1.12 bits per heavy atom. The standard InChI is InChI=1S/C18H24N6S/c1-8(19)15(20)16-14-11-6-4-5-7-12(11)25-18(14)22-17(21-16)13-9(2)23-24-10(13)3/h8,15H,4-7,19-20H2,1-3H3,(H,23,24). The summed E-state index contributed by atoms with van der Waals surface area (Å²) in [6.45, 7) is 5.90. The maximum Gasteiger partial charge on any atom is 0.164 e. The van der Waals surface area contributed by atoms with Crippen LogP contribution in [0.2, 0.25) is 0 Å². The fourth-order valence-corrected chi connectivity index (χ4v) is 4.94. The molecule has 7 heteroatoms. The van der Waals surface area contributed by atoms with Gasteiger partial charge < -0.3 is 11.5 Å². The molecule has 3 aromatic heterocycles. The molecule has 132 valence electrons. The molecule has 3 heterocycles.